The Balaban J connectivity index is 2.80. The van der Waals surface area contributed by atoms with Crippen LogP contribution in [0.3, 0.4) is 0 Å². The number of rotatable bonds is 7. The van der Waals surface area contributed by atoms with Crippen LogP contribution < -0.4 is 0 Å². The smallest absolute Gasteiger partial charge is 0.245 e. The predicted octanol–water partition coefficient (Wildman–Crippen LogP) is 3.24. The lowest BCUT2D eigenvalue weighted by Gasteiger charge is -2.30. The Bertz CT molecular complexity index is 383. The lowest BCUT2D eigenvalue weighted by atomic mass is 10.1. The summed E-state index contributed by atoms with van der Waals surface area (Å²) in [4.78, 5) is 14.3. The first-order chi connectivity index (χ1) is 9.11. The molecule has 1 aromatic rings. The fraction of sp³-hybridized carbons (Fsp3) is 0.533. The van der Waals surface area contributed by atoms with Crippen LogP contribution in [-0.2, 0) is 9.53 Å². The molecule has 1 rings (SSSR count). The summed E-state index contributed by atoms with van der Waals surface area (Å²) in [5, 5.41) is -0.632. The zero-order chi connectivity index (χ0) is 14.3. The van der Waals surface area contributed by atoms with E-state index in [4.69, 9.17) is 16.3 Å². The minimum Gasteiger partial charge on any atom is -0.383 e. The highest BCUT2D eigenvalue weighted by atomic mass is 35.5. The van der Waals surface area contributed by atoms with Gasteiger partial charge in [-0.3, -0.25) is 4.79 Å². The molecule has 0 saturated carbocycles. The van der Waals surface area contributed by atoms with Gasteiger partial charge in [-0.25, -0.2) is 0 Å². The molecule has 106 valence electrons. The van der Waals surface area contributed by atoms with Gasteiger partial charge in [-0.2, -0.15) is 0 Å². The molecule has 2 atom stereocenters. The monoisotopic (exact) mass is 283 g/mol. The largest absolute Gasteiger partial charge is 0.383 e. The van der Waals surface area contributed by atoms with Gasteiger partial charge in [0, 0.05) is 19.7 Å². The average Bonchev–Trinajstić information content (AvgIpc) is 2.47. The van der Waals surface area contributed by atoms with Gasteiger partial charge >= 0.3 is 0 Å². The maximum Gasteiger partial charge on any atom is 0.245 e. The van der Waals surface area contributed by atoms with E-state index < -0.39 is 5.38 Å². The van der Waals surface area contributed by atoms with Gasteiger partial charge in [0.15, 0.2) is 0 Å². The quantitative estimate of drug-likeness (QED) is 0.719. The van der Waals surface area contributed by atoms with E-state index in [-0.39, 0.29) is 11.9 Å². The summed E-state index contributed by atoms with van der Waals surface area (Å²) >= 11 is 6.30. The van der Waals surface area contributed by atoms with Gasteiger partial charge < -0.3 is 9.64 Å². The summed E-state index contributed by atoms with van der Waals surface area (Å²) in [6.07, 6.45) is 0.897. The molecule has 0 bridgehead atoms. The lowest BCUT2D eigenvalue weighted by Crippen LogP contribution is -2.42. The summed E-state index contributed by atoms with van der Waals surface area (Å²) in [5.74, 6) is -0.0562. The van der Waals surface area contributed by atoms with Crippen LogP contribution in [0.5, 0.6) is 0 Å². The summed E-state index contributed by atoms with van der Waals surface area (Å²) in [7, 11) is 1.63. The molecule has 1 amide bonds. The number of benzene rings is 1. The van der Waals surface area contributed by atoms with E-state index in [2.05, 4.69) is 6.92 Å². The molecule has 0 saturated heterocycles. The maximum absolute atomic E-state index is 12.5. The molecule has 0 N–H and O–H groups in total. The fourth-order valence-corrected chi connectivity index (χ4v) is 2.14. The van der Waals surface area contributed by atoms with Crippen molar-refractivity contribution >= 4 is 17.5 Å². The number of ether oxygens (including phenoxy) is 1. The van der Waals surface area contributed by atoms with Gasteiger partial charge in [-0.05, 0) is 18.9 Å². The van der Waals surface area contributed by atoms with Crippen LogP contribution in [0.15, 0.2) is 30.3 Å². The van der Waals surface area contributed by atoms with Crippen LogP contribution in [0, 0.1) is 0 Å². The number of nitrogens with zero attached hydrogens (tertiary/aromatic N) is 1. The number of methoxy groups -OCH3 is 1. The maximum atomic E-state index is 12.5. The van der Waals surface area contributed by atoms with E-state index in [1.807, 2.05) is 37.3 Å². The first kappa shape index (κ1) is 16.0. The first-order valence-electron chi connectivity index (χ1n) is 6.60. The van der Waals surface area contributed by atoms with E-state index in [1.54, 1.807) is 12.0 Å². The second kappa shape index (κ2) is 8.18. The van der Waals surface area contributed by atoms with Gasteiger partial charge in [0.1, 0.15) is 5.38 Å². The molecule has 0 fully saturated rings. The van der Waals surface area contributed by atoms with Crippen LogP contribution in [-0.4, -0.2) is 37.1 Å². The molecule has 3 nitrogen and oxygen atoms in total. The van der Waals surface area contributed by atoms with Crippen molar-refractivity contribution < 1.29 is 9.53 Å². The molecule has 0 aliphatic rings. The van der Waals surface area contributed by atoms with Gasteiger partial charge in [0.25, 0.3) is 0 Å². The molecule has 0 heterocycles. The number of carbonyl (C=O) groups excluding carboxylic acids is 1. The van der Waals surface area contributed by atoms with Crippen molar-refractivity contribution in [3.05, 3.63) is 35.9 Å². The Labute approximate surface area is 120 Å². The third-order valence-electron chi connectivity index (χ3n) is 3.25. The zero-order valence-electron chi connectivity index (χ0n) is 11.8. The highest BCUT2D eigenvalue weighted by Gasteiger charge is 2.26. The average molecular weight is 284 g/mol. The molecule has 0 radical (unpaired) electrons. The summed E-state index contributed by atoms with van der Waals surface area (Å²) < 4.78 is 5.07. The number of alkyl halides is 1. The van der Waals surface area contributed by atoms with Gasteiger partial charge in [-0.15, -0.1) is 11.6 Å². The van der Waals surface area contributed by atoms with Crippen LogP contribution >= 0.6 is 11.6 Å². The van der Waals surface area contributed by atoms with E-state index >= 15 is 0 Å². The first-order valence-corrected chi connectivity index (χ1v) is 7.03. The van der Waals surface area contributed by atoms with Gasteiger partial charge in [-0.1, -0.05) is 37.3 Å². The summed E-state index contributed by atoms with van der Waals surface area (Å²) in [5.41, 5.74) is 0.833. The van der Waals surface area contributed by atoms with E-state index in [1.165, 1.54) is 0 Å². The Morgan fingerprint density at radius 1 is 1.37 bits per heavy atom. The lowest BCUT2D eigenvalue weighted by molar-refractivity contribution is -0.133. The van der Waals surface area contributed by atoms with E-state index in [0.717, 1.165) is 12.0 Å². The van der Waals surface area contributed by atoms with Gasteiger partial charge in [0.2, 0.25) is 5.91 Å². The molecular weight excluding hydrogens is 262 g/mol. The molecule has 4 heteroatoms. The van der Waals surface area contributed by atoms with Crippen LogP contribution in [0.4, 0.5) is 0 Å². The van der Waals surface area contributed by atoms with Crippen molar-refractivity contribution in [1.29, 1.82) is 0 Å². The van der Waals surface area contributed by atoms with Crippen molar-refractivity contribution in [2.75, 3.05) is 20.3 Å². The summed E-state index contributed by atoms with van der Waals surface area (Å²) in [6, 6.07) is 9.60. The third-order valence-corrected chi connectivity index (χ3v) is 3.69. The van der Waals surface area contributed by atoms with Crippen LogP contribution in [0.1, 0.15) is 31.2 Å². The highest BCUT2D eigenvalue weighted by Crippen LogP contribution is 2.24. The van der Waals surface area contributed by atoms with Crippen molar-refractivity contribution in [3.8, 4) is 0 Å². The van der Waals surface area contributed by atoms with Gasteiger partial charge in [0.05, 0.1) is 6.61 Å². The molecular formula is C15H22ClNO2. The number of halogens is 1. The summed E-state index contributed by atoms with van der Waals surface area (Å²) in [6.45, 7) is 5.18. The molecule has 1 aromatic carbocycles. The topological polar surface area (TPSA) is 29.5 Å². The Kier molecular flexibility index (Phi) is 6.89. The molecule has 2 unspecified atom stereocenters. The van der Waals surface area contributed by atoms with Crippen molar-refractivity contribution in [2.45, 2.75) is 31.7 Å². The standard InChI is InChI=1S/C15H22ClNO2/c1-4-12(2)17(10-11-19-3)15(18)14(16)13-8-6-5-7-9-13/h5-9,12,14H,4,10-11H2,1-3H3. The van der Waals surface area contributed by atoms with E-state index in [0.29, 0.717) is 13.2 Å². The predicted molar refractivity (Wildman–Crippen MR) is 78.4 cm³/mol. The SMILES string of the molecule is CCC(C)N(CCOC)C(=O)C(Cl)c1ccccc1. The number of amides is 1. The highest BCUT2D eigenvalue weighted by molar-refractivity contribution is 6.30. The molecule has 0 aromatic heterocycles. The van der Waals surface area contributed by atoms with Crippen LogP contribution in [0.2, 0.25) is 0 Å². The van der Waals surface area contributed by atoms with Crippen molar-refractivity contribution in [1.82, 2.24) is 4.90 Å². The second-order valence-electron chi connectivity index (χ2n) is 4.55. The zero-order valence-corrected chi connectivity index (χ0v) is 12.6. The number of carbonyl (C=O) groups is 1. The fourth-order valence-electron chi connectivity index (χ4n) is 1.87. The van der Waals surface area contributed by atoms with Crippen LogP contribution in [0.25, 0.3) is 0 Å². The minimum absolute atomic E-state index is 0.0562. The number of hydrogen-bond acceptors (Lipinski definition) is 2. The third kappa shape index (κ3) is 4.51. The van der Waals surface area contributed by atoms with Crippen molar-refractivity contribution in [3.63, 3.8) is 0 Å². The minimum atomic E-state index is -0.632. The van der Waals surface area contributed by atoms with E-state index in [9.17, 15) is 4.79 Å². The Hall–Kier alpha value is -1.06. The molecule has 0 aliphatic heterocycles. The molecule has 0 spiro atoms. The number of hydrogen-bond donors (Lipinski definition) is 0. The second-order valence-corrected chi connectivity index (χ2v) is 4.99. The Morgan fingerprint density at radius 2 is 2.00 bits per heavy atom. The molecule has 19 heavy (non-hydrogen) atoms. The Morgan fingerprint density at radius 3 is 2.53 bits per heavy atom. The van der Waals surface area contributed by atoms with Crippen molar-refractivity contribution in [2.24, 2.45) is 0 Å². The normalized spacial score (nSPS) is 13.9. The molecule has 0 aliphatic carbocycles.